The summed E-state index contributed by atoms with van der Waals surface area (Å²) >= 11 is 3.42. The summed E-state index contributed by atoms with van der Waals surface area (Å²) < 4.78 is 1.04. The first-order valence-corrected chi connectivity index (χ1v) is 7.99. The van der Waals surface area contributed by atoms with Crippen LogP contribution in [-0.2, 0) is 0 Å². The molecular formula is C15H20BrN5. The number of anilines is 3. The molecule has 5 nitrogen and oxygen atoms in total. The van der Waals surface area contributed by atoms with Crippen LogP contribution in [-0.4, -0.2) is 28.3 Å². The SMILES string of the molecule is CCCN(CCC)c1cnnc(Nc2ccc(Br)cc2)n1. The van der Waals surface area contributed by atoms with E-state index >= 15 is 0 Å². The molecule has 0 unspecified atom stereocenters. The van der Waals surface area contributed by atoms with E-state index in [1.165, 1.54) is 0 Å². The Morgan fingerprint density at radius 3 is 2.38 bits per heavy atom. The van der Waals surface area contributed by atoms with Crippen LogP contribution in [0, 0.1) is 0 Å². The molecule has 0 atom stereocenters. The van der Waals surface area contributed by atoms with Crippen LogP contribution in [0.4, 0.5) is 17.5 Å². The van der Waals surface area contributed by atoms with Gasteiger partial charge in [-0.15, -0.1) is 5.10 Å². The summed E-state index contributed by atoms with van der Waals surface area (Å²) in [6.45, 7) is 6.28. The van der Waals surface area contributed by atoms with E-state index < -0.39 is 0 Å². The maximum absolute atomic E-state index is 4.56. The van der Waals surface area contributed by atoms with Gasteiger partial charge in [-0.2, -0.15) is 10.1 Å². The Hall–Kier alpha value is -1.69. The van der Waals surface area contributed by atoms with Crippen molar-refractivity contribution in [2.75, 3.05) is 23.3 Å². The van der Waals surface area contributed by atoms with Crippen LogP contribution in [0.3, 0.4) is 0 Å². The molecule has 0 saturated heterocycles. The number of hydrogen-bond donors (Lipinski definition) is 1. The van der Waals surface area contributed by atoms with Crippen molar-refractivity contribution >= 4 is 33.4 Å². The number of hydrogen-bond acceptors (Lipinski definition) is 5. The molecule has 112 valence electrons. The Bertz CT molecular complexity index is 552. The van der Waals surface area contributed by atoms with Gasteiger partial charge in [-0.05, 0) is 37.1 Å². The summed E-state index contributed by atoms with van der Waals surface area (Å²) in [5, 5.41) is 11.3. The van der Waals surface area contributed by atoms with Gasteiger partial charge in [-0.25, -0.2) is 0 Å². The first-order chi connectivity index (χ1) is 10.2. The van der Waals surface area contributed by atoms with E-state index in [-0.39, 0.29) is 0 Å². The second kappa shape index (κ2) is 7.93. The monoisotopic (exact) mass is 349 g/mol. The Kier molecular flexibility index (Phi) is 5.92. The zero-order valence-electron chi connectivity index (χ0n) is 12.4. The Morgan fingerprint density at radius 2 is 1.76 bits per heavy atom. The van der Waals surface area contributed by atoms with E-state index in [4.69, 9.17) is 0 Å². The molecule has 2 rings (SSSR count). The molecule has 21 heavy (non-hydrogen) atoms. The highest BCUT2D eigenvalue weighted by molar-refractivity contribution is 9.10. The molecule has 0 spiro atoms. The van der Waals surface area contributed by atoms with Crippen LogP contribution in [0.5, 0.6) is 0 Å². The van der Waals surface area contributed by atoms with Crippen molar-refractivity contribution in [3.8, 4) is 0 Å². The van der Waals surface area contributed by atoms with Crippen molar-refractivity contribution in [2.45, 2.75) is 26.7 Å². The van der Waals surface area contributed by atoms with Crippen LogP contribution in [0.1, 0.15) is 26.7 Å². The van der Waals surface area contributed by atoms with Gasteiger partial charge in [0.25, 0.3) is 0 Å². The van der Waals surface area contributed by atoms with Gasteiger partial charge >= 0.3 is 0 Å². The zero-order valence-corrected chi connectivity index (χ0v) is 14.0. The fraction of sp³-hybridized carbons (Fsp3) is 0.400. The predicted octanol–water partition coefficient (Wildman–Crippen LogP) is 4.00. The first-order valence-electron chi connectivity index (χ1n) is 7.20. The largest absolute Gasteiger partial charge is 0.355 e. The van der Waals surface area contributed by atoms with Gasteiger partial charge in [-0.1, -0.05) is 29.8 Å². The van der Waals surface area contributed by atoms with Crippen LogP contribution in [0.15, 0.2) is 34.9 Å². The van der Waals surface area contributed by atoms with E-state index in [0.29, 0.717) is 5.95 Å². The minimum absolute atomic E-state index is 0.520. The van der Waals surface area contributed by atoms with Crippen molar-refractivity contribution in [3.05, 3.63) is 34.9 Å². The van der Waals surface area contributed by atoms with Gasteiger partial charge in [0.15, 0.2) is 5.82 Å². The fourth-order valence-corrected chi connectivity index (χ4v) is 2.31. The predicted molar refractivity (Wildman–Crippen MR) is 90.0 cm³/mol. The standard InChI is InChI=1S/C15H20BrN5/c1-3-9-21(10-4-2)14-11-17-20-15(19-14)18-13-7-5-12(16)6-8-13/h5-8,11H,3-4,9-10H2,1-2H3,(H,18,19,20). The number of benzene rings is 1. The number of halogens is 1. The normalized spacial score (nSPS) is 10.4. The summed E-state index contributed by atoms with van der Waals surface area (Å²) in [5.41, 5.74) is 0.940. The third kappa shape index (κ3) is 4.67. The molecule has 0 aliphatic rings. The highest BCUT2D eigenvalue weighted by Gasteiger charge is 2.08. The molecule has 1 aromatic carbocycles. The molecular weight excluding hydrogens is 330 g/mol. The van der Waals surface area contributed by atoms with Gasteiger partial charge in [-0.3, -0.25) is 0 Å². The minimum atomic E-state index is 0.520. The highest BCUT2D eigenvalue weighted by Crippen LogP contribution is 2.18. The van der Waals surface area contributed by atoms with Gasteiger partial charge in [0, 0.05) is 23.2 Å². The van der Waals surface area contributed by atoms with E-state index in [2.05, 4.69) is 55.2 Å². The molecule has 1 N–H and O–H groups in total. The van der Waals surface area contributed by atoms with Crippen LogP contribution in [0.25, 0.3) is 0 Å². The number of rotatable bonds is 7. The van der Waals surface area contributed by atoms with E-state index in [1.807, 2.05) is 24.3 Å². The molecule has 0 radical (unpaired) electrons. The summed E-state index contributed by atoms with van der Waals surface area (Å²) in [7, 11) is 0. The maximum Gasteiger partial charge on any atom is 0.249 e. The van der Waals surface area contributed by atoms with Gasteiger partial charge in [0.2, 0.25) is 5.95 Å². The second-order valence-electron chi connectivity index (χ2n) is 4.76. The van der Waals surface area contributed by atoms with Gasteiger partial charge in [0.1, 0.15) is 0 Å². The fourth-order valence-electron chi connectivity index (χ4n) is 2.04. The first kappa shape index (κ1) is 15.7. The van der Waals surface area contributed by atoms with Crippen LogP contribution < -0.4 is 10.2 Å². The van der Waals surface area contributed by atoms with Crippen molar-refractivity contribution in [3.63, 3.8) is 0 Å². The Balaban J connectivity index is 2.14. The summed E-state index contributed by atoms with van der Waals surface area (Å²) in [6.07, 6.45) is 3.89. The Morgan fingerprint density at radius 1 is 1.10 bits per heavy atom. The Labute approximate surface area is 133 Å². The smallest absolute Gasteiger partial charge is 0.249 e. The highest BCUT2D eigenvalue weighted by atomic mass is 79.9. The molecule has 0 aliphatic heterocycles. The number of nitrogens with zero attached hydrogens (tertiary/aromatic N) is 4. The third-order valence-electron chi connectivity index (χ3n) is 2.96. The van der Waals surface area contributed by atoms with E-state index in [1.54, 1.807) is 6.20 Å². The lowest BCUT2D eigenvalue weighted by Crippen LogP contribution is -2.26. The van der Waals surface area contributed by atoms with E-state index in [0.717, 1.165) is 41.9 Å². The average Bonchev–Trinajstić information content (AvgIpc) is 2.50. The topological polar surface area (TPSA) is 53.9 Å². The molecule has 0 fully saturated rings. The van der Waals surface area contributed by atoms with Crippen LogP contribution in [0.2, 0.25) is 0 Å². The van der Waals surface area contributed by atoms with Crippen molar-refractivity contribution in [1.29, 1.82) is 0 Å². The molecule has 1 aromatic heterocycles. The number of nitrogens with one attached hydrogen (secondary N) is 1. The summed E-state index contributed by atoms with van der Waals surface area (Å²) in [4.78, 5) is 6.80. The van der Waals surface area contributed by atoms with Crippen molar-refractivity contribution in [1.82, 2.24) is 15.2 Å². The summed E-state index contributed by atoms with van der Waals surface area (Å²) in [6, 6.07) is 7.88. The van der Waals surface area contributed by atoms with Crippen molar-refractivity contribution < 1.29 is 0 Å². The zero-order chi connectivity index (χ0) is 15.1. The molecule has 0 amide bonds. The minimum Gasteiger partial charge on any atom is -0.355 e. The average molecular weight is 350 g/mol. The molecule has 1 heterocycles. The van der Waals surface area contributed by atoms with Crippen LogP contribution >= 0.6 is 15.9 Å². The molecule has 0 saturated carbocycles. The maximum atomic E-state index is 4.56. The quantitative estimate of drug-likeness (QED) is 0.818. The van der Waals surface area contributed by atoms with Gasteiger partial charge < -0.3 is 10.2 Å². The van der Waals surface area contributed by atoms with Crippen molar-refractivity contribution in [2.24, 2.45) is 0 Å². The molecule has 6 heteroatoms. The second-order valence-corrected chi connectivity index (χ2v) is 5.67. The molecule has 2 aromatic rings. The number of aromatic nitrogens is 3. The lowest BCUT2D eigenvalue weighted by molar-refractivity contribution is 0.728. The molecule has 0 aliphatic carbocycles. The molecule has 0 bridgehead atoms. The lowest BCUT2D eigenvalue weighted by atomic mass is 10.3. The lowest BCUT2D eigenvalue weighted by Gasteiger charge is -2.22. The third-order valence-corrected chi connectivity index (χ3v) is 3.49. The van der Waals surface area contributed by atoms with E-state index in [9.17, 15) is 0 Å². The summed E-state index contributed by atoms with van der Waals surface area (Å²) in [5.74, 6) is 1.39. The van der Waals surface area contributed by atoms with Gasteiger partial charge in [0.05, 0.1) is 6.20 Å².